The molecule has 0 aliphatic rings. The van der Waals surface area contributed by atoms with Crippen molar-refractivity contribution in [1.29, 1.82) is 0 Å². The third kappa shape index (κ3) is 10.5. The lowest BCUT2D eigenvalue weighted by Gasteiger charge is -2.16. The summed E-state index contributed by atoms with van der Waals surface area (Å²) in [6.45, 7) is 4.49. The Labute approximate surface area is 243 Å². The molecule has 0 aromatic heterocycles. The molecule has 0 amide bonds. The minimum Gasteiger partial charge on any atom is -0.203 e. The molecule has 0 aliphatic heterocycles. The average molecular weight is 547 g/mol. The fourth-order valence-electron chi connectivity index (χ4n) is 5.78. The van der Waals surface area contributed by atoms with Crippen LogP contribution in [0, 0.1) is 11.6 Å². The lowest BCUT2D eigenvalue weighted by atomic mass is 9.91. The van der Waals surface area contributed by atoms with Crippen LogP contribution in [0.2, 0.25) is 0 Å². The predicted molar refractivity (Wildman–Crippen MR) is 170 cm³/mol. The van der Waals surface area contributed by atoms with Crippen LogP contribution in [-0.2, 0) is 12.8 Å². The Bertz CT molecular complexity index is 1080. The molecule has 0 unspecified atom stereocenters. The molecule has 0 N–H and O–H groups in total. The van der Waals surface area contributed by atoms with Crippen LogP contribution >= 0.6 is 0 Å². The second kappa shape index (κ2) is 18.8. The van der Waals surface area contributed by atoms with E-state index in [9.17, 15) is 0 Å². The van der Waals surface area contributed by atoms with Crippen LogP contribution in [0.1, 0.15) is 128 Å². The molecular weight excluding hydrogens is 494 g/mol. The third-order valence-corrected chi connectivity index (χ3v) is 8.28. The van der Waals surface area contributed by atoms with E-state index in [0.29, 0.717) is 17.5 Å². The maximum atomic E-state index is 15.6. The summed E-state index contributed by atoms with van der Waals surface area (Å²) in [6.07, 6.45) is 21.1. The Kier molecular flexibility index (Phi) is 15.1. The lowest BCUT2D eigenvalue weighted by molar-refractivity contribution is 0.493. The van der Waals surface area contributed by atoms with E-state index in [0.717, 1.165) is 54.4 Å². The van der Waals surface area contributed by atoms with Gasteiger partial charge in [0, 0.05) is 5.56 Å². The van der Waals surface area contributed by atoms with Gasteiger partial charge < -0.3 is 0 Å². The smallest absolute Gasteiger partial charge is 0.166 e. The van der Waals surface area contributed by atoms with E-state index < -0.39 is 11.6 Å². The fraction of sp³-hybridized carbons (Fsp3) is 0.526. The van der Waals surface area contributed by atoms with Crippen molar-refractivity contribution in [2.75, 3.05) is 0 Å². The molecule has 40 heavy (non-hydrogen) atoms. The van der Waals surface area contributed by atoms with Crippen molar-refractivity contribution >= 4 is 0 Å². The highest BCUT2D eigenvalue weighted by Gasteiger charge is 2.19. The highest BCUT2D eigenvalue weighted by atomic mass is 19.2. The average Bonchev–Trinajstić information content (AvgIpc) is 2.99. The Morgan fingerprint density at radius 1 is 0.450 bits per heavy atom. The molecule has 0 fully saturated rings. The SMILES string of the molecule is CCCCCCCCCCCCc1c(CCCCCCCC)cc(-c2ccc(-c3ccccc3)cc2)c(F)c1F. The molecule has 0 spiro atoms. The summed E-state index contributed by atoms with van der Waals surface area (Å²) < 4.78 is 31.1. The highest BCUT2D eigenvalue weighted by Crippen LogP contribution is 2.32. The number of halogens is 2. The second-order valence-electron chi connectivity index (χ2n) is 11.6. The van der Waals surface area contributed by atoms with Gasteiger partial charge in [-0.05, 0) is 59.6 Å². The number of hydrogen-bond donors (Lipinski definition) is 0. The van der Waals surface area contributed by atoms with E-state index >= 15 is 8.78 Å². The molecule has 0 atom stereocenters. The molecule has 0 saturated carbocycles. The van der Waals surface area contributed by atoms with Crippen molar-refractivity contribution in [3.63, 3.8) is 0 Å². The summed E-state index contributed by atoms with van der Waals surface area (Å²) >= 11 is 0. The van der Waals surface area contributed by atoms with Crippen LogP contribution in [0.15, 0.2) is 60.7 Å². The quantitative estimate of drug-likeness (QED) is 0.124. The van der Waals surface area contributed by atoms with E-state index in [1.54, 1.807) is 0 Å². The minimum absolute atomic E-state index is 0.393. The van der Waals surface area contributed by atoms with Crippen molar-refractivity contribution < 1.29 is 8.78 Å². The van der Waals surface area contributed by atoms with Crippen LogP contribution in [0.3, 0.4) is 0 Å². The molecule has 0 nitrogen and oxygen atoms in total. The van der Waals surface area contributed by atoms with Crippen molar-refractivity contribution in [2.24, 2.45) is 0 Å². The van der Waals surface area contributed by atoms with Gasteiger partial charge in [-0.15, -0.1) is 0 Å². The van der Waals surface area contributed by atoms with Gasteiger partial charge in [0.15, 0.2) is 11.6 Å². The highest BCUT2D eigenvalue weighted by molar-refractivity contribution is 5.71. The van der Waals surface area contributed by atoms with Crippen LogP contribution in [0.25, 0.3) is 22.3 Å². The largest absolute Gasteiger partial charge is 0.203 e. The first-order valence-electron chi connectivity index (χ1n) is 16.3. The van der Waals surface area contributed by atoms with E-state index in [1.807, 2.05) is 48.5 Å². The number of hydrogen-bond acceptors (Lipinski definition) is 0. The summed E-state index contributed by atoms with van der Waals surface area (Å²) in [5.74, 6) is -1.32. The van der Waals surface area contributed by atoms with Crippen LogP contribution in [0.4, 0.5) is 8.78 Å². The van der Waals surface area contributed by atoms with Gasteiger partial charge in [0.25, 0.3) is 0 Å². The van der Waals surface area contributed by atoms with Gasteiger partial charge in [-0.2, -0.15) is 0 Å². The summed E-state index contributed by atoms with van der Waals surface area (Å²) in [6, 6.07) is 20.0. The molecule has 3 rings (SSSR count). The Morgan fingerprint density at radius 2 is 0.900 bits per heavy atom. The molecule has 2 heteroatoms. The zero-order valence-electron chi connectivity index (χ0n) is 25.3. The van der Waals surface area contributed by atoms with Gasteiger partial charge in [0.1, 0.15) is 0 Å². The summed E-state index contributed by atoms with van der Waals surface area (Å²) in [5.41, 5.74) is 4.96. The van der Waals surface area contributed by atoms with Crippen LogP contribution < -0.4 is 0 Å². The van der Waals surface area contributed by atoms with Crippen molar-refractivity contribution in [3.8, 4) is 22.3 Å². The molecule has 3 aromatic carbocycles. The fourth-order valence-corrected chi connectivity index (χ4v) is 5.78. The third-order valence-electron chi connectivity index (χ3n) is 8.28. The molecule has 0 bridgehead atoms. The van der Waals surface area contributed by atoms with Gasteiger partial charge >= 0.3 is 0 Å². The van der Waals surface area contributed by atoms with Crippen molar-refractivity contribution in [2.45, 2.75) is 129 Å². The molecule has 0 aliphatic carbocycles. The molecule has 218 valence electrons. The van der Waals surface area contributed by atoms with Crippen molar-refractivity contribution in [3.05, 3.63) is 83.4 Å². The van der Waals surface area contributed by atoms with Crippen LogP contribution in [0.5, 0.6) is 0 Å². The van der Waals surface area contributed by atoms with E-state index in [4.69, 9.17) is 0 Å². The van der Waals surface area contributed by atoms with Gasteiger partial charge in [-0.1, -0.05) is 158 Å². The number of aryl methyl sites for hydroxylation is 1. The Hall–Kier alpha value is -2.48. The second-order valence-corrected chi connectivity index (χ2v) is 11.6. The molecule has 0 heterocycles. The monoisotopic (exact) mass is 546 g/mol. The first kappa shape index (κ1) is 32.0. The van der Waals surface area contributed by atoms with Gasteiger partial charge in [0.2, 0.25) is 0 Å². The normalized spacial score (nSPS) is 11.3. The molecular formula is C38H52F2. The zero-order valence-corrected chi connectivity index (χ0v) is 25.3. The maximum Gasteiger partial charge on any atom is 0.166 e. The molecule has 0 radical (unpaired) electrons. The van der Waals surface area contributed by atoms with Gasteiger partial charge in [0.05, 0.1) is 0 Å². The number of unbranched alkanes of at least 4 members (excludes halogenated alkanes) is 14. The Morgan fingerprint density at radius 3 is 1.45 bits per heavy atom. The number of benzene rings is 3. The van der Waals surface area contributed by atoms with Crippen molar-refractivity contribution in [1.82, 2.24) is 0 Å². The van der Waals surface area contributed by atoms with Crippen LogP contribution in [-0.4, -0.2) is 0 Å². The first-order chi connectivity index (χ1) is 19.7. The number of rotatable bonds is 20. The summed E-state index contributed by atoms with van der Waals surface area (Å²) in [7, 11) is 0. The van der Waals surface area contributed by atoms with E-state index in [-0.39, 0.29) is 0 Å². The predicted octanol–water partition coefficient (Wildman–Crippen LogP) is 12.7. The molecule has 3 aromatic rings. The standard InChI is InChI=1S/C38H52F2/c1-3-5-7-9-11-12-13-14-16-21-25-35-34(24-18-15-10-8-6-4-2)30-36(38(40)37(35)39)33-28-26-32(27-29-33)31-22-19-17-20-23-31/h17,19-20,22-23,26-30H,3-16,18,21,24-25H2,1-2H3. The Balaban J connectivity index is 1.66. The van der Waals surface area contributed by atoms with Gasteiger partial charge in [-0.25, -0.2) is 8.78 Å². The topological polar surface area (TPSA) is 0 Å². The van der Waals surface area contributed by atoms with E-state index in [2.05, 4.69) is 26.0 Å². The van der Waals surface area contributed by atoms with Gasteiger partial charge in [-0.3, -0.25) is 0 Å². The minimum atomic E-state index is -0.693. The maximum absolute atomic E-state index is 15.6. The first-order valence-corrected chi connectivity index (χ1v) is 16.3. The molecule has 0 saturated heterocycles. The summed E-state index contributed by atoms with van der Waals surface area (Å²) in [5, 5.41) is 0. The summed E-state index contributed by atoms with van der Waals surface area (Å²) in [4.78, 5) is 0. The van der Waals surface area contributed by atoms with E-state index in [1.165, 1.54) is 77.0 Å². The lowest BCUT2D eigenvalue weighted by Crippen LogP contribution is -2.05. The zero-order chi connectivity index (χ0) is 28.4.